The largest absolute Gasteiger partial charge is 0.398 e. The van der Waals surface area contributed by atoms with Gasteiger partial charge in [-0.1, -0.05) is 0 Å². The summed E-state index contributed by atoms with van der Waals surface area (Å²) >= 11 is 2.89. The topological polar surface area (TPSA) is 81.1 Å². The normalized spacial score (nSPS) is 10.3. The van der Waals surface area contributed by atoms with Crippen molar-refractivity contribution in [3.63, 3.8) is 0 Å². The van der Waals surface area contributed by atoms with Gasteiger partial charge in [-0.25, -0.2) is 8.78 Å². The van der Waals surface area contributed by atoms with Gasteiger partial charge in [0.25, 0.3) is 5.91 Å². The van der Waals surface area contributed by atoms with E-state index in [9.17, 15) is 13.6 Å². The number of carbonyl (C=O) groups is 1. The number of primary amides is 1. The zero-order valence-corrected chi connectivity index (χ0v) is 11.7. The number of rotatable bonds is 3. The molecule has 2 aromatic rings. The lowest BCUT2D eigenvalue weighted by atomic mass is 10.1. The van der Waals surface area contributed by atoms with Crippen molar-refractivity contribution < 1.29 is 13.6 Å². The van der Waals surface area contributed by atoms with Crippen LogP contribution >= 0.6 is 15.9 Å². The van der Waals surface area contributed by atoms with E-state index in [0.29, 0.717) is 5.69 Å². The van der Waals surface area contributed by atoms with E-state index >= 15 is 0 Å². The first kappa shape index (κ1) is 14.3. The number of amides is 1. The van der Waals surface area contributed by atoms with E-state index in [1.165, 1.54) is 18.2 Å². The van der Waals surface area contributed by atoms with Crippen molar-refractivity contribution >= 4 is 38.9 Å². The van der Waals surface area contributed by atoms with Crippen LogP contribution in [0.15, 0.2) is 34.8 Å². The van der Waals surface area contributed by atoms with Crippen LogP contribution < -0.4 is 16.8 Å². The third-order valence-corrected chi connectivity index (χ3v) is 3.22. The molecule has 0 radical (unpaired) electrons. The van der Waals surface area contributed by atoms with Gasteiger partial charge < -0.3 is 16.8 Å². The highest BCUT2D eigenvalue weighted by atomic mass is 79.9. The van der Waals surface area contributed by atoms with E-state index < -0.39 is 17.5 Å². The molecule has 5 N–H and O–H groups in total. The lowest BCUT2D eigenvalue weighted by Gasteiger charge is -2.10. The molecule has 7 heteroatoms. The quantitative estimate of drug-likeness (QED) is 0.592. The summed E-state index contributed by atoms with van der Waals surface area (Å²) in [6, 6.07) is 6.36. The Labute approximate surface area is 121 Å². The van der Waals surface area contributed by atoms with Crippen LogP contribution in [0.2, 0.25) is 0 Å². The highest BCUT2D eigenvalue weighted by molar-refractivity contribution is 9.10. The second-order valence-electron chi connectivity index (χ2n) is 4.04. The molecule has 104 valence electrons. The van der Waals surface area contributed by atoms with E-state index in [0.717, 1.165) is 12.1 Å². The molecular formula is C13H10BrF2N3O. The fraction of sp³-hybridized carbons (Fsp3) is 0. The van der Waals surface area contributed by atoms with E-state index in [1.807, 2.05) is 0 Å². The number of nitrogen functional groups attached to an aromatic ring is 1. The summed E-state index contributed by atoms with van der Waals surface area (Å²) in [4.78, 5) is 11.2. The zero-order valence-electron chi connectivity index (χ0n) is 10.1. The van der Waals surface area contributed by atoms with E-state index in [1.54, 1.807) is 0 Å². The smallest absolute Gasteiger partial charge is 0.250 e. The molecule has 0 saturated heterocycles. The fourth-order valence-electron chi connectivity index (χ4n) is 1.62. The van der Waals surface area contributed by atoms with Gasteiger partial charge in [0.1, 0.15) is 11.6 Å². The van der Waals surface area contributed by atoms with Crippen LogP contribution in [0.5, 0.6) is 0 Å². The van der Waals surface area contributed by atoms with Crippen LogP contribution in [0.3, 0.4) is 0 Å². The maximum atomic E-state index is 13.7. The van der Waals surface area contributed by atoms with Gasteiger partial charge in [0, 0.05) is 17.4 Å². The maximum absolute atomic E-state index is 13.7. The lowest BCUT2D eigenvalue weighted by molar-refractivity contribution is 0.100. The Morgan fingerprint density at radius 2 is 1.85 bits per heavy atom. The molecule has 0 unspecified atom stereocenters. The van der Waals surface area contributed by atoms with E-state index in [-0.39, 0.29) is 21.4 Å². The van der Waals surface area contributed by atoms with Gasteiger partial charge in [-0.2, -0.15) is 0 Å². The Kier molecular flexibility index (Phi) is 3.89. The number of nitrogens with one attached hydrogen (secondary N) is 1. The molecule has 0 aromatic heterocycles. The molecule has 0 saturated carbocycles. The second kappa shape index (κ2) is 5.46. The first-order valence-corrected chi connectivity index (χ1v) is 6.28. The minimum absolute atomic E-state index is 0.0238. The van der Waals surface area contributed by atoms with Crippen LogP contribution in [-0.2, 0) is 0 Å². The van der Waals surface area contributed by atoms with Gasteiger partial charge in [0.15, 0.2) is 0 Å². The Bertz CT molecular complexity index is 692. The summed E-state index contributed by atoms with van der Waals surface area (Å²) in [5.41, 5.74) is 11.4. The summed E-state index contributed by atoms with van der Waals surface area (Å²) in [7, 11) is 0. The van der Waals surface area contributed by atoms with Gasteiger partial charge in [-0.15, -0.1) is 0 Å². The predicted molar refractivity (Wildman–Crippen MR) is 76.7 cm³/mol. The summed E-state index contributed by atoms with van der Waals surface area (Å²) in [6.07, 6.45) is 0. The number of hydrogen-bond acceptors (Lipinski definition) is 3. The van der Waals surface area contributed by atoms with Crippen molar-refractivity contribution in [1.82, 2.24) is 0 Å². The molecule has 0 bridgehead atoms. The number of nitrogens with two attached hydrogens (primary N) is 2. The molecule has 0 atom stereocenters. The van der Waals surface area contributed by atoms with Gasteiger partial charge in [0.2, 0.25) is 0 Å². The molecule has 0 spiro atoms. The summed E-state index contributed by atoms with van der Waals surface area (Å²) in [6.45, 7) is 0. The van der Waals surface area contributed by atoms with Crippen LogP contribution in [0.25, 0.3) is 0 Å². The molecule has 20 heavy (non-hydrogen) atoms. The Morgan fingerprint density at radius 1 is 1.15 bits per heavy atom. The molecule has 0 aliphatic carbocycles. The van der Waals surface area contributed by atoms with Gasteiger partial charge in [-0.05, 0) is 40.2 Å². The first-order chi connectivity index (χ1) is 9.38. The maximum Gasteiger partial charge on any atom is 0.250 e. The molecule has 2 aromatic carbocycles. The van der Waals surface area contributed by atoms with Crippen molar-refractivity contribution in [1.29, 1.82) is 0 Å². The van der Waals surface area contributed by atoms with Crippen molar-refractivity contribution in [2.24, 2.45) is 5.73 Å². The van der Waals surface area contributed by atoms with Gasteiger partial charge in [0.05, 0.1) is 15.7 Å². The number of halogens is 3. The SMILES string of the molecule is NC(=O)c1cc(Nc2cc(F)c(Br)cc2F)ccc1N. The monoisotopic (exact) mass is 341 g/mol. The molecule has 0 fully saturated rings. The molecular weight excluding hydrogens is 332 g/mol. The standard InChI is InChI=1S/C13H10BrF2N3O/c14-8-4-10(16)12(5-9(8)15)19-6-1-2-11(17)7(3-6)13(18)20/h1-5,19H,17H2,(H2,18,20). The summed E-state index contributed by atoms with van der Waals surface area (Å²) in [5.74, 6) is -1.95. The zero-order chi connectivity index (χ0) is 14.9. The van der Waals surface area contributed by atoms with Crippen LogP contribution in [-0.4, -0.2) is 5.91 Å². The Hall–Kier alpha value is -2.15. The Morgan fingerprint density at radius 3 is 2.50 bits per heavy atom. The average molecular weight is 342 g/mol. The highest BCUT2D eigenvalue weighted by Crippen LogP contribution is 2.27. The minimum Gasteiger partial charge on any atom is -0.398 e. The molecule has 2 rings (SSSR count). The molecule has 0 aliphatic rings. The number of hydrogen-bond donors (Lipinski definition) is 3. The van der Waals surface area contributed by atoms with Crippen LogP contribution in [0, 0.1) is 11.6 Å². The lowest BCUT2D eigenvalue weighted by Crippen LogP contribution is -2.13. The third kappa shape index (κ3) is 2.88. The van der Waals surface area contributed by atoms with Crippen molar-refractivity contribution in [2.45, 2.75) is 0 Å². The third-order valence-electron chi connectivity index (χ3n) is 2.61. The summed E-state index contributed by atoms with van der Waals surface area (Å²) in [5, 5.41) is 2.66. The van der Waals surface area contributed by atoms with Gasteiger partial charge in [-0.3, -0.25) is 4.79 Å². The molecule has 0 aliphatic heterocycles. The van der Waals surface area contributed by atoms with Gasteiger partial charge >= 0.3 is 0 Å². The molecule has 4 nitrogen and oxygen atoms in total. The highest BCUT2D eigenvalue weighted by Gasteiger charge is 2.11. The van der Waals surface area contributed by atoms with E-state index in [4.69, 9.17) is 11.5 Å². The Balaban J connectivity index is 2.38. The summed E-state index contributed by atoms with van der Waals surface area (Å²) < 4.78 is 27.1. The van der Waals surface area contributed by atoms with Crippen molar-refractivity contribution in [3.05, 3.63) is 52.0 Å². The first-order valence-electron chi connectivity index (χ1n) is 5.49. The fourth-order valence-corrected chi connectivity index (χ4v) is 1.94. The molecule has 1 amide bonds. The van der Waals surface area contributed by atoms with Crippen molar-refractivity contribution in [3.8, 4) is 0 Å². The minimum atomic E-state index is -0.700. The van der Waals surface area contributed by atoms with Crippen LogP contribution in [0.1, 0.15) is 10.4 Å². The second-order valence-corrected chi connectivity index (χ2v) is 4.89. The predicted octanol–water partition coefficient (Wildman–Crippen LogP) is 3.15. The average Bonchev–Trinajstić information content (AvgIpc) is 2.37. The van der Waals surface area contributed by atoms with Crippen molar-refractivity contribution in [2.75, 3.05) is 11.1 Å². The number of carbonyl (C=O) groups excluding carboxylic acids is 1. The van der Waals surface area contributed by atoms with Crippen LogP contribution in [0.4, 0.5) is 25.8 Å². The van der Waals surface area contributed by atoms with E-state index in [2.05, 4.69) is 21.2 Å². The number of anilines is 3. The molecule has 0 heterocycles. The number of benzene rings is 2.